The maximum Gasteiger partial charge on any atom is 0.337 e. The minimum absolute atomic E-state index is 0.0466. The zero-order chi connectivity index (χ0) is 13.4. The van der Waals surface area contributed by atoms with Crippen molar-refractivity contribution in [3.05, 3.63) is 23.8 Å². The number of aromatic carboxylic acids is 1. The summed E-state index contributed by atoms with van der Waals surface area (Å²) in [7, 11) is 0. The fourth-order valence-electron chi connectivity index (χ4n) is 2.36. The van der Waals surface area contributed by atoms with Gasteiger partial charge in [0.05, 0.1) is 16.9 Å². The highest BCUT2D eigenvalue weighted by Crippen LogP contribution is 2.36. The molecular formula is C13H16N2O3. The van der Waals surface area contributed by atoms with E-state index in [0.29, 0.717) is 11.4 Å². The predicted octanol–water partition coefficient (Wildman–Crippen LogP) is 1.94. The van der Waals surface area contributed by atoms with E-state index < -0.39 is 5.97 Å². The smallest absolute Gasteiger partial charge is 0.337 e. The Morgan fingerprint density at radius 2 is 2.11 bits per heavy atom. The third-order valence-electron chi connectivity index (χ3n) is 3.14. The van der Waals surface area contributed by atoms with Crippen molar-refractivity contribution in [1.82, 2.24) is 0 Å². The van der Waals surface area contributed by atoms with E-state index in [1.165, 1.54) is 0 Å². The highest BCUT2D eigenvalue weighted by atomic mass is 16.4. The lowest BCUT2D eigenvalue weighted by molar-refractivity contribution is -0.117. The summed E-state index contributed by atoms with van der Waals surface area (Å²) in [5, 5.41) is 12.0. The number of anilines is 2. The van der Waals surface area contributed by atoms with Crippen molar-refractivity contribution < 1.29 is 14.7 Å². The number of hydrogen-bond donors (Lipinski definition) is 2. The van der Waals surface area contributed by atoms with Gasteiger partial charge in [-0.15, -0.1) is 0 Å². The van der Waals surface area contributed by atoms with E-state index >= 15 is 0 Å². The van der Waals surface area contributed by atoms with Gasteiger partial charge in [0.15, 0.2) is 0 Å². The molecular weight excluding hydrogens is 232 g/mol. The van der Waals surface area contributed by atoms with Crippen molar-refractivity contribution in [1.29, 1.82) is 0 Å². The first kappa shape index (κ1) is 12.4. The third-order valence-corrected chi connectivity index (χ3v) is 3.14. The van der Waals surface area contributed by atoms with Crippen molar-refractivity contribution in [2.45, 2.75) is 32.9 Å². The van der Waals surface area contributed by atoms with Crippen molar-refractivity contribution >= 4 is 23.3 Å². The molecule has 1 aromatic rings. The molecule has 5 heteroatoms. The first-order chi connectivity index (χ1) is 8.43. The Morgan fingerprint density at radius 1 is 1.44 bits per heavy atom. The minimum atomic E-state index is -0.985. The number of carbonyl (C=O) groups excluding carboxylic acids is 1. The molecule has 1 aliphatic rings. The highest BCUT2D eigenvalue weighted by Gasteiger charge is 2.34. The van der Waals surface area contributed by atoms with Crippen LogP contribution in [0.4, 0.5) is 11.4 Å². The first-order valence-electron chi connectivity index (χ1n) is 5.89. The minimum Gasteiger partial charge on any atom is -0.478 e. The lowest BCUT2D eigenvalue weighted by atomic mass is 10.0. The molecule has 0 spiro atoms. The van der Waals surface area contributed by atoms with E-state index in [-0.39, 0.29) is 23.6 Å². The average molecular weight is 248 g/mol. The van der Waals surface area contributed by atoms with Crippen LogP contribution in [0.25, 0.3) is 0 Å². The summed E-state index contributed by atoms with van der Waals surface area (Å²) >= 11 is 0. The summed E-state index contributed by atoms with van der Waals surface area (Å²) < 4.78 is 0. The topological polar surface area (TPSA) is 69.6 Å². The number of hydrogen-bond acceptors (Lipinski definition) is 3. The molecule has 2 rings (SSSR count). The zero-order valence-electron chi connectivity index (χ0n) is 10.6. The van der Waals surface area contributed by atoms with Gasteiger partial charge in [-0.05, 0) is 32.9 Å². The molecule has 0 saturated carbocycles. The van der Waals surface area contributed by atoms with E-state index in [9.17, 15) is 14.7 Å². The maximum absolute atomic E-state index is 11.9. The average Bonchev–Trinajstić information content (AvgIpc) is 2.29. The SMILES string of the molecule is CC(C)N1c2c(cccc2C(=O)O)NC(=O)C1C. The van der Waals surface area contributed by atoms with Crippen molar-refractivity contribution in [3.63, 3.8) is 0 Å². The van der Waals surface area contributed by atoms with E-state index in [2.05, 4.69) is 5.32 Å². The molecule has 1 aromatic carbocycles. The number of fused-ring (bicyclic) bond motifs is 1. The molecule has 0 aromatic heterocycles. The second kappa shape index (κ2) is 4.33. The van der Waals surface area contributed by atoms with Crippen LogP contribution in [0.2, 0.25) is 0 Å². The van der Waals surface area contributed by atoms with Crippen LogP contribution in [0.15, 0.2) is 18.2 Å². The molecule has 0 bridgehead atoms. The standard InChI is InChI=1S/C13H16N2O3/c1-7(2)15-8(3)12(16)14-10-6-4-5-9(11(10)15)13(17)18/h4-8H,1-3H3,(H,14,16)(H,17,18). The maximum atomic E-state index is 11.9. The Hall–Kier alpha value is -2.04. The quantitative estimate of drug-likeness (QED) is 0.839. The van der Waals surface area contributed by atoms with Gasteiger partial charge in [-0.2, -0.15) is 0 Å². The Balaban J connectivity index is 2.66. The van der Waals surface area contributed by atoms with Crippen LogP contribution >= 0.6 is 0 Å². The molecule has 0 fully saturated rings. The molecule has 1 heterocycles. The van der Waals surface area contributed by atoms with E-state index in [0.717, 1.165) is 0 Å². The number of amides is 1. The number of rotatable bonds is 2. The molecule has 18 heavy (non-hydrogen) atoms. The van der Waals surface area contributed by atoms with Gasteiger partial charge in [0, 0.05) is 6.04 Å². The Bertz CT molecular complexity index is 511. The van der Waals surface area contributed by atoms with Crippen LogP contribution in [-0.4, -0.2) is 29.1 Å². The fraction of sp³-hybridized carbons (Fsp3) is 0.385. The van der Waals surface area contributed by atoms with Crippen LogP contribution in [0, 0.1) is 0 Å². The normalized spacial score (nSPS) is 18.6. The predicted molar refractivity (Wildman–Crippen MR) is 69.1 cm³/mol. The molecule has 96 valence electrons. The summed E-state index contributed by atoms with van der Waals surface area (Å²) in [6.45, 7) is 5.66. The molecule has 5 nitrogen and oxygen atoms in total. The van der Waals surface area contributed by atoms with E-state index in [1.54, 1.807) is 25.1 Å². The van der Waals surface area contributed by atoms with Gasteiger partial charge < -0.3 is 15.3 Å². The van der Waals surface area contributed by atoms with Gasteiger partial charge in [0.1, 0.15) is 6.04 Å². The van der Waals surface area contributed by atoms with Gasteiger partial charge >= 0.3 is 5.97 Å². The Labute approximate surface area is 105 Å². The molecule has 1 aliphatic heterocycles. The third kappa shape index (κ3) is 1.81. The van der Waals surface area contributed by atoms with Gasteiger partial charge in [0.25, 0.3) is 0 Å². The summed E-state index contributed by atoms with van der Waals surface area (Å²) in [4.78, 5) is 25.0. The second-order valence-electron chi connectivity index (χ2n) is 4.67. The number of nitrogens with zero attached hydrogens (tertiary/aromatic N) is 1. The molecule has 0 saturated heterocycles. The van der Waals surface area contributed by atoms with Crippen LogP contribution < -0.4 is 10.2 Å². The van der Waals surface area contributed by atoms with Gasteiger partial charge in [-0.3, -0.25) is 4.79 Å². The van der Waals surface area contributed by atoms with Gasteiger partial charge in [-0.1, -0.05) is 6.07 Å². The van der Waals surface area contributed by atoms with Crippen molar-refractivity contribution in [2.75, 3.05) is 10.2 Å². The molecule has 0 radical (unpaired) electrons. The number of carboxylic acids is 1. The van der Waals surface area contributed by atoms with Crippen molar-refractivity contribution in [2.24, 2.45) is 0 Å². The van der Waals surface area contributed by atoms with Crippen LogP contribution in [0.3, 0.4) is 0 Å². The monoisotopic (exact) mass is 248 g/mol. The molecule has 1 atom stereocenters. The molecule has 1 unspecified atom stereocenters. The van der Waals surface area contributed by atoms with Crippen LogP contribution in [0.1, 0.15) is 31.1 Å². The lowest BCUT2D eigenvalue weighted by Gasteiger charge is -2.39. The summed E-state index contributed by atoms with van der Waals surface area (Å²) in [6, 6.07) is 4.59. The lowest BCUT2D eigenvalue weighted by Crippen LogP contribution is -2.50. The van der Waals surface area contributed by atoms with Crippen LogP contribution in [-0.2, 0) is 4.79 Å². The number of carboxylic acid groups (broad SMARTS) is 1. The second-order valence-corrected chi connectivity index (χ2v) is 4.67. The summed E-state index contributed by atoms with van der Waals surface area (Å²) in [5.74, 6) is -1.10. The summed E-state index contributed by atoms with van der Waals surface area (Å²) in [5.41, 5.74) is 1.37. The molecule has 2 N–H and O–H groups in total. The fourth-order valence-corrected chi connectivity index (χ4v) is 2.36. The number of benzene rings is 1. The zero-order valence-corrected chi connectivity index (χ0v) is 10.6. The molecule has 1 amide bonds. The number of para-hydroxylation sites is 1. The van der Waals surface area contributed by atoms with E-state index in [4.69, 9.17) is 0 Å². The highest BCUT2D eigenvalue weighted by molar-refractivity contribution is 6.08. The summed E-state index contributed by atoms with van der Waals surface area (Å²) in [6.07, 6.45) is 0. The number of nitrogens with one attached hydrogen (secondary N) is 1. The van der Waals surface area contributed by atoms with E-state index in [1.807, 2.05) is 18.7 Å². The molecule has 0 aliphatic carbocycles. The largest absolute Gasteiger partial charge is 0.478 e. The Morgan fingerprint density at radius 3 is 2.67 bits per heavy atom. The Kier molecular flexibility index (Phi) is 2.98. The number of carbonyl (C=O) groups is 2. The van der Waals surface area contributed by atoms with Crippen LogP contribution in [0.5, 0.6) is 0 Å². The van der Waals surface area contributed by atoms with Gasteiger partial charge in [-0.25, -0.2) is 4.79 Å². The van der Waals surface area contributed by atoms with Gasteiger partial charge in [0.2, 0.25) is 5.91 Å². The van der Waals surface area contributed by atoms with Crippen molar-refractivity contribution in [3.8, 4) is 0 Å². The first-order valence-corrected chi connectivity index (χ1v) is 5.89.